The van der Waals surface area contributed by atoms with Crippen LogP contribution in [0, 0.1) is 0 Å². The Kier molecular flexibility index (Phi) is 5.65. The normalized spacial score (nSPS) is 13.8. The van der Waals surface area contributed by atoms with Crippen molar-refractivity contribution in [3.8, 4) is 5.75 Å². The summed E-state index contributed by atoms with van der Waals surface area (Å²) < 4.78 is 6.23. The monoisotopic (exact) mass is 369 g/mol. The predicted molar refractivity (Wildman–Crippen MR) is 88.9 cm³/mol. The number of hydrogen-bond acceptors (Lipinski definition) is 3. The topological polar surface area (TPSA) is 55.5 Å². The maximum Gasteiger partial charge on any atom is 0.124 e. The zero-order chi connectivity index (χ0) is 15.4. The van der Waals surface area contributed by atoms with Gasteiger partial charge in [0.1, 0.15) is 5.75 Å². The third-order valence-corrected chi connectivity index (χ3v) is 4.41. The molecule has 2 aromatic carbocycles. The molecular weight excluding hydrogens is 354 g/mol. The summed E-state index contributed by atoms with van der Waals surface area (Å²) in [6.45, 7) is 0.305. The van der Waals surface area contributed by atoms with Gasteiger partial charge in [0.2, 0.25) is 0 Å². The van der Waals surface area contributed by atoms with E-state index < -0.39 is 6.10 Å². The molecule has 0 heterocycles. The largest absolute Gasteiger partial charge is 0.496 e. The first-order valence-corrected chi connectivity index (χ1v) is 7.71. The zero-order valence-corrected chi connectivity index (χ0v) is 13.9. The number of halogens is 2. The highest BCUT2D eigenvalue weighted by Gasteiger charge is 2.26. The number of benzene rings is 2. The van der Waals surface area contributed by atoms with Crippen LogP contribution in [-0.2, 0) is 0 Å². The fourth-order valence-electron chi connectivity index (χ4n) is 2.35. The van der Waals surface area contributed by atoms with Crippen molar-refractivity contribution >= 4 is 27.5 Å². The molecule has 0 amide bonds. The molecular formula is C16H17BrClNO2. The van der Waals surface area contributed by atoms with Crippen LogP contribution in [0.1, 0.15) is 23.1 Å². The summed E-state index contributed by atoms with van der Waals surface area (Å²) in [5, 5.41) is 11.3. The minimum Gasteiger partial charge on any atom is -0.496 e. The Labute approximate surface area is 137 Å². The first-order chi connectivity index (χ1) is 10.1. The smallest absolute Gasteiger partial charge is 0.124 e. The second-order valence-electron chi connectivity index (χ2n) is 4.69. The molecule has 0 aliphatic carbocycles. The molecule has 2 atom stereocenters. The molecule has 0 fully saturated rings. The number of rotatable bonds is 5. The van der Waals surface area contributed by atoms with Gasteiger partial charge in [0, 0.05) is 27.5 Å². The standard InChI is InChI=1S/C16H17BrClNO2/c1-21-15-7-6-10(18)8-12(15)16(20)13(9-19)11-4-2-3-5-14(11)17/h2-8,13,16,20H,9,19H2,1H3. The highest BCUT2D eigenvalue weighted by molar-refractivity contribution is 9.10. The number of nitrogens with two attached hydrogens (primary N) is 1. The first-order valence-electron chi connectivity index (χ1n) is 6.54. The fourth-order valence-corrected chi connectivity index (χ4v) is 3.11. The molecule has 0 aliphatic rings. The van der Waals surface area contributed by atoms with Gasteiger partial charge in [-0.15, -0.1) is 0 Å². The van der Waals surface area contributed by atoms with E-state index in [2.05, 4.69) is 15.9 Å². The second-order valence-corrected chi connectivity index (χ2v) is 5.99. The van der Waals surface area contributed by atoms with Gasteiger partial charge < -0.3 is 15.6 Å². The van der Waals surface area contributed by atoms with Crippen LogP contribution in [0.4, 0.5) is 0 Å². The molecule has 0 saturated carbocycles. The number of ether oxygens (including phenoxy) is 1. The zero-order valence-electron chi connectivity index (χ0n) is 11.6. The molecule has 2 unspecified atom stereocenters. The van der Waals surface area contributed by atoms with E-state index in [9.17, 15) is 5.11 Å². The fraction of sp³-hybridized carbons (Fsp3) is 0.250. The quantitative estimate of drug-likeness (QED) is 0.839. The minimum atomic E-state index is -0.803. The van der Waals surface area contributed by atoms with Crippen molar-refractivity contribution in [3.63, 3.8) is 0 Å². The van der Waals surface area contributed by atoms with Crippen molar-refractivity contribution in [3.05, 3.63) is 63.1 Å². The van der Waals surface area contributed by atoms with Crippen LogP contribution in [0.3, 0.4) is 0 Å². The molecule has 5 heteroatoms. The summed E-state index contributed by atoms with van der Waals surface area (Å²) in [6, 6.07) is 12.9. The highest BCUT2D eigenvalue weighted by Crippen LogP contribution is 2.38. The van der Waals surface area contributed by atoms with E-state index in [0.29, 0.717) is 22.9 Å². The number of hydrogen-bond donors (Lipinski definition) is 2. The van der Waals surface area contributed by atoms with Crippen molar-refractivity contribution in [2.75, 3.05) is 13.7 Å². The van der Waals surface area contributed by atoms with Crippen LogP contribution in [0.5, 0.6) is 5.75 Å². The number of methoxy groups -OCH3 is 1. The lowest BCUT2D eigenvalue weighted by atomic mass is 9.89. The molecule has 2 aromatic rings. The Balaban J connectivity index is 2.44. The molecule has 0 spiro atoms. The lowest BCUT2D eigenvalue weighted by Gasteiger charge is -2.25. The third kappa shape index (κ3) is 3.58. The van der Waals surface area contributed by atoms with Gasteiger partial charge in [-0.05, 0) is 29.8 Å². The Bertz CT molecular complexity index is 621. The molecule has 21 heavy (non-hydrogen) atoms. The summed E-state index contributed by atoms with van der Waals surface area (Å²) >= 11 is 9.54. The SMILES string of the molecule is COc1ccc(Cl)cc1C(O)C(CN)c1ccccc1Br. The van der Waals surface area contributed by atoms with E-state index in [1.165, 1.54) is 0 Å². The Morgan fingerprint density at radius 2 is 1.95 bits per heavy atom. The Morgan fingerprint density at radius 3 is 2.57 bits per heavy atom. The van der Waals surface area contributed by atoms with E-state index >= 15 is 0 Å². The molecule has 112 valence electrons. The number of aliphatic hydroxyl groups is 1. The molecule has 0 aromatic heterocycles. The average Bonchev–Trinajstić information content (AvgIpc) is 2.49. The van der Waals surface area contributed by atoms with Crippen molar-refractivity contribution < 1.29 is 9.84 Å². The highest BCUT2D eigenvalue weighted by atomic mass is 79.9. The minimum absolute atomic E-state index is 0.257. The van der Waals surface area contributed by atoms with E-state index in [0.717, 1.165) is 10.0 Å². The molecule has 3 N–H and O–H groups in total. The van der Waals surface area contributed by atoms with E-state index in [-0.39, 0.29) is 5.92 Å². The lowest BCUT2D eigenvalue weighted by molar-refractivity contribution is 0.143. The maximum atomic E-state index is 10.8. The predicted octanol–water partition coefficient (Wildman–Crippen LogP) is 3.89. The lowest BCUT2D eigenvalue weighted by Crippen LogP contribution is -2.21. The molecule has 0 aliphatic heterocycles. The summed E-state index contributed by atoms with van der Waals surface area (Å²) in [5.41, 5.74) is 7.48. The second kappa shape index (κ2) is 7.27. The van der Waals surface area contributed by atoms with Crippen LogP contribution in [0.25, 0.3) is 0 Å². The maximum absolute atomic E-state index is 10.8. The van der Waals surface area contributed by atoms with Crippen LogP contribution >= 0.6 is 27.5 Å². The molecule has 2 rings (SSSR count). The molecule has 0 bridgehead atoms. The van der Waals surface area contributed by atoms with E-state index in [4.69, 9.17) is 22.1 Å². The van der Waals surface area contributed by atoms with Crippen molar-refractivity contribution in [1.82, 2.24) is 0 Å². The van der Waals surface area contributed by atoms with E-state index in [1.807, 2.05) is 24.3 Å². The molecule has 0 saturated heterocycles. The Morgan fingerprint density at radius 1 is 1.24 bits per heavy atom. The Hall–Kier alpha value is -1.07. The summed E-state index contributed by atoms with van der Waals surface area (Å²) in [5.74, 6) is 0.338. The van der Waals surface area contributed by atoms with Gasteiger partial charge in [-0.1, -0.05) is 45.7 Å². The van der Waals surface area contributed by atoms with Crippen LogP contribution in [0.15, 0.2) is 46.9 Å². The molecule has 0 radical (unpaired) electrons. The van der Waals surface area contributed by atoms with Gasteiger partial charge in [-0.25, -0.2) is 0 Å². The van der Waals surface area contributed by atoms with Gasteiger partial charge >= 0.3 is 0 Å². The van der Waals surface area contributed by atoms with Crippen LogP contribution in [-0.4, -0.2) is 18.8 Å². The average molecular weight is 371 g/mol. The van der Waals surface area contributed by atoms with Gasteiger partial charge in [-0.2, -0.15) is 0 Å². The first kappa shape index (κ1) is 16.3. The van der Waals surface area contributed by atoms with Gasteiger partial charge in [-0.3, -0.25) is 0 Å². The van der Waals surface area contributed by atoms with Crippen molar-refractivity contribution in [2.45, 2.75) is 12.0 Å². The van der Waals surface area contributed by atoms with Gasteiger partial charge in [0.25, 0.3) is 0 Å². The summed E-state index contributed by atoms with van der Waals surface area (Å²) in [7, 11) is 1.56. The van der Waals surface area contributed by atoms with Crippen molar-refractivity contribution in [1.29, 1.82) is 0 Å². The van der Waals surface area contributed by atoms with Gasteiger partial charge in [0.15, 0.2) is 0 Å². The van der Waals surface area contributed by atoms with Gasteiger partial charge in [0.05, 0.1) is 13.2 Å². The summed E-state index contributed by atoms with van der Waals surface area (Å²) in [6.07, 6.45) is -0.803. The summed E-state index contributed by atoms with van der Waals surface area (Å²) in [4.78, 5) is 0. The van der Waals surface area contributed by atoms with Crippen molar-refractivity contribution in [2.24, 2.45) is 5.73 Å². The molecule has 3 nitrogen and oxygen atoms in total. The van der Waals surface area contributed by atoms with Crippen LogP contribution in [0.2, 0.25) is 5.02 Å². The third-order valence-electron chi connectivity index (χ3n) is 3.45. The van der Waals surface area contributed by atoms with E-state index in [1.54, 1.807) is 25.3 Å². The number of aliphatic hydroxyl groups excluding tert-OH is 1. The van der Waals surface area contributed by atoms with Crippen LogP contribution < -0.4 is 10.5 Å².